The monoisotopic (exact) mass is 404 g/mol. The Labute approximate surface area is 169 Å². The van der Waals surface area contributed by atoms with Crippen molar-refractivity contribution in [2.45, 2.75) is 0 Å². The minimum absolute atomic E-state index is 0.284. The van der Waals surface area contributed by atoms with Gasteiger partial charge in [0.15, 0.2) is 0 Å². The van der Waals surface area contributed by atoms with E-state index >= 15 is 0 Å². The number of hydrogen-bond acceptors (Lipinski definition) is 6. The molecule has 1 heterocycles. The Balaban J connectivity index is 0.000000187. The van der Waals surface area contributed by atoms with Crippen LogP contribution in [-0.4, -0.2) is 11.8 Å². The van der Waals surface area contributed by atoms with Crippen LogP contribution in [-0.2, 0) is 0 Å². The highest BCUT2D eigenvalue weighted by Crippen LogP contribution is 2.07. The van der Waals surface area contributed by atoms with Gasteiger partial charge in [-0.2, -0.15) is 0 Å². The van der Waals surface area contributed by atoms with Gasteiger partial charge in [-0.15, -0.1) is 0 Å². The fourth-order valence-corrected chi connectivity index (χ4v) is 2.53. The van der Waals surface area contributed by atoms with E-state index in [4.69, 9.17) is 20.3 Å². The lowest BCUT2D eigenvalue weighted by atomic mass is 10.1. The van der Waals surface area contributed by atoms with Gasteiger partial charge in [0.25, 0.3) is 0 Å². The summed E-state index contributed by atoms with van der Waals surface area (Å²) in [6, 6.07) is 18.6. The molecule has 0 aliphatic heterocycles. The SMILES string of the molecule is NC(=O)c1cccc(C(N)=O)c1.O=c1oc2cccc(c2)oc(=O)c2cccc1c2. The third-order valence-corrected chi connectivity index (χ3v) is 3.99. The van der Waals surface area contributed by atoms with Crippen LogP contribution in [0.2, 0.25) is 0 Å². The average molecular weight is 404 g/mol. The lowest BCUT2D eigenvalue weighted by Gasteiger charge is -1.97. The maximum Gasteiger partial charge on any atom is 0.343 e. The minimum atomic E-state index is -0.571. The Kier molecular flexibility index (Phi) is 5.88. The molecule has 4 bridgehead atoms. The van der Waals surface area contributed by atoms with Crippen molar-refractivity contribution in [1.82, 2.24) is 0 Å². The summed E-state index contributed by atoms with van der Waals surface area (Å²) in [4.78, 5) is 45.0. The lowest BCUT2D eigenvalue weighted by Crippen LogP contribution is -2.14. The first kappa shape index (κ1) is 20.3. The van der Waals surface area contributed by atoms with Crippen LogP contribution in [0, 0.1) is 0 Å². The van der Waals surface area contributed by atoms with Crippen LogP contribution in [0.3, 0.4) is 0 Å². The smallest absolute Gasteiger partial charge is 0.343 e. The van der Waals surface area contributed by atoms with Gasteiger partial charge >= 0.3 is 11.3 Å². The van der Waals surface area contributed by atoms with Gasteiger partial charge in [-0.25, -0.2) is 9.59 Å². The summed E-state index contributed by atoms with van der Waals surface area (Å²) >= 11 is 0. The fraction of sp³-hybridized carbons (Fsp3) is 0. The summed E-state index contributed by atoms with van der Waals surface area (Å²) in [6.07, 6.45) is 0. The molecule has 0 aliphatic rings. The predicted molar refractivity (Wildman–Crippen MR) is 111 cm³/mol. The molecule has 4 N–H and O–H groups in total. The normalized spacial score (nSPS) is 10.1. The number of amides is 2. The Morgan fingerprint density at radius 3 is 1.50 bits per heavy atom. The molecule has 0 radical (unpaired) electrons. The summed E-state index contributed by atoms with van der Waals surface area (Å²) in [5.74, 6) is -1.14. The number of carbonyl (C=O) groups excluding carboxylic acids is 2. The molecular formula is C22H16N2O6. The summed E-state index contributed by atoms with van der Waals surface area (Å²) in [6.45, 7) is 0. The van der Waals surface area contributed by atoms with Crippen LogP contribution in [0.4, 0.5) is 0 Å². The van der Waals surface area contributed by atoms with E-state index in [9.17, 15) is 19.2 Å². The fourth-order valence-electron chi connectivity index (χ4n) is 2.53. The van der Waals surface area contributed by atoms with Crippen LogP contribution in [0.1, 0.15) is 20.7 Å². The van der Waals surface area contributed by atoms with Crippen molar-refractivity contribution in [2.24, 2.45) is 11.5 Å². The van der Waals surface area contributed by atoms with Crippen molar-refractivity contribution < 1.29 is 18.4 Å². The number of nitrogens with two attached hydrogens (primary N) is 2. The molecule has 8 nitrogen and oxygen atoms in total. The Bertz CT molecular complexity index is 1310. The van der Waals surface area contributed by atoms with Gasteiger partial charge in [0, 0.05) is 17.2 Å². The highest BCUT2D eigenvalue weighted by Gasteiger charge is 2.04. The lowest BCUT2D eigenvalue weighted by molar-refractivity contribution is 0.0999. The number of primary amides is 2. The summed E-state index contributed by atoms with van der Waals surface area (Å²) < 4.78 is 10.4. The molecule has 1 aromatic heterocycles. The zero-order chi connectivity index (χ0) is 21.7. The maximum absolute atomic E-state index is 11.8. The second-order valence-corrected chi connectivity index (χ2v) is 6.14. The first-order chi connectivity index (χ1) is 14.3. The van der Waals surface area contributed by atoms with Crippen LogP contribution >= 0.6 is 0 Å². The third kappa shape index (κ3) is 4.87. The van der Waals surface area contributed by atoms with Crippen molar-refractivity contribution in [3.63, 3.8) is 0 Å². The van der Waals surface area contributed by atoms with E-state index in [0.717, 1.165) is 0 Å². The highest BCUT2D eigenvalue weighted by molar-refractivity contribution is 5.98. The highest BCUT2D eigenvalue weighted by atomic mass is 16.4. The topological polar surface area (TPSA) is 147 Å². The molecule has 0 atom stereocenters. The maximum atomic E-state index is 11.8. The third-order valence-electron chi connectivity index (χ3n) is 3.99. The van der Waals surface area contributed by atoms with E-state index in [0.29, 0.717) is 21.9 Å². The van der Waals surface area contributed by atoms with E-state index in [1.54, 1.807) is 42.5 Å². The number of fused-ring (bicyclic) bond motifs is 4. The van der Waals surface area contributed by atoms with Crippen molar-refractivity contribution in [1.29, 1.82) is 0 Å². The molecule has 0 spiro atoms. The predicted octanol–water partition coefficient (Wildman–Crippen LogP) is 2.35. The summed E-state index contributed by atoms with van der Waals surface area (Å²) in [5.41, 5.74) is 10.2. The quantitative estimate of drug-likeness (QED) is 0.524. The Hall–Kier alpha value is -4.46. The van der Waals surface area contributed by atoms with E-state index in [2.05, 4.69) is 0 Å². The van der Waals surface area contributed by atoms with Gasteiger partial charge in [-0.1, -0.05) is 18.2 Å². The number of benzene rings is 3. The zero-order valence-corrected chi connectivity index (χ0v) is 15.5. The molecule has 0 aliphatic carbocycles. The molecule has 0 saturated carbocycles. The molecule has 150 valence electrons. The number of rotatable bonds is 2. The molecule has 30 heavy (non-hydrogen) atoms. The molecular weight excluding hydrogens is 388 g/mol. The van der Waals surface area contributed by atoms with Gasteiger partial charge in [0.2, 0.25) is 11.8 Å². The molecule has 2 amide bonds. The van der Waals surface area contributed by atoms with E-state index in [-0.39, 0.29) is 11.1 Å². The standard InChI is InChI=1S/C14H8O4.C8H8N2O2/c15-13-9-3-1-4-10(7-9)14(16)18-12-6-2-5-11(8-12)17-13;9-7(11)5-2-1-3-6(4-5)8(10)12/h1-8H;1-4H,(H2,9,11)(H2,10,12). The van der Waals surface area contributed by atoms with Gasteiger partial charge in [0.05, 0.1) is 10.8 Å². The van der Waals surface area contributed by atoms with Crippen LogP contribution in [0.15, 0.2) is 91.2 Å². The van der Waals surface area contributed by atoms with Crippen LogP contribution in [0.25, 0.3) is 21.9 Å². The number of carbonyl (C=O) groups is 2. The van der Waals surface area contributed by atoms with Gasteiger partial charge in [-0.3, -0.25) is 9.59 Å². The van der Waals surface area contributed by atoms with Gasteiger partial charge in [-0.05, 0) is 48.5 Å². The second kappa shape index (κ2) is 8.70. The van der Waals surface area contributed by atoms with Crippen molar-refractivity contribution >= 4 is 33.8 Å². The summed E-state index contributed by atoms with van der Waals surface area (Å²) in [5, 5.41) is 0.633. The first-order valence-corrected chi connectivity index (χ1v) is 8.67. The Morgan fingerprint density at radius 1 is 0.600 bits per heavy atom. The minimum Gasteiger partial charge on any atom is -0.423 e. The van der Waals surface area contributed by atoms with Crippen molar-refractivity contribution in [2.75, 3.05) is 0 Å². The Morgan fingerprint density at radius 2 is 1.03 bits per heavy atom. The van der Waals surface area contributed by atoms with Gasteiger partial charge < -0.3 is 20.3 Å². The first-order valence-electron chi connectivity index (χ1n) is 8.67. The zero-order valence-electron chi connectivity index (χ0n) is 15.5. The van der Waals surface area contributed by atoms with Crippen molar-refractivity contribution in [3.8, 4) is 0 Å². The summed E-state index contributed by atoms with van der Waals surface area (Å²) in [7, 11) is 0. The molecule has 0 fully saturated rings. The molecule has 0 saturated heterocycles. The second-order valence-electron chi connectivity index (χ2n) is 6.14. The molecule has 4 rings (SSSR count). The largest absolute Gasteiger partial charge is 0.423 e. The van der Waals surface area contributed by atoms with E-state index in [1.807, 2.05) is 0 Å². The molecule has 3 aromatic carbocycles. The van der Waals surface area contributed by atoms with Crippen LogP contribution in [0.5, 0.6) is 0 Å². The van der Waals surface area contributed by atoms with Crippen LogP contribution < -0.4 is 22.7 Å². The van der Waals surface area contributed by atoms with E-state index < -0.39 is 23.1 Å². The molecule has 0 unspecified atom stereocenters. The molecule has 4 aromatic rings. The molecule has 8 heteroatoms. The van der Waals surface area contributed by atoms with E-state index in [1.165, 1.54) is 30.3 Å². The average Bonchev–Trinajstić information content (AvgIpc) is 2.74. The van der Waals surface area contributed by atoms with Crippen molar-refractivity contribution in [3.05, 3.63) is 105 Å². The number of hydrogen-bond donors (Lipinski definition) is 2. The van der Waals surface area contributed by atoms with Gasteiger partial charge in [0.1, 0.15) is 11.2 Å².